The molecule has 6 nitrogen and oxygen atoms in total. The number of thioether (sulfide) groups is 1. The number of amides is 3. The predicted molar refractivity (Wildman–Crippen MR) is 81.4 cm³/mol. The van der Waals surface area contributed by atoms with Crippen LogP contribution in [-0.2, 0) is 10.2 Å². The molecule has 3 rings (SSSR count). The molecule has 2 fully saturated rings. The third-order valence-corrected chi connectivity index (χ3v) is 4.94. The van der Waals surface area contributed by atoms with Gasteiger partial charge in [0.25, 0.3) is 5.91 Å². The highest BCUT2D eigenvalue weighted by Crippen LogP contribution is 2.35. The van der Waals surface area contributed by atoms with E-state index in [0.29, 0.717) is 23.7 Å². The molecule has 0 aromatic carbocycles. The van der Waals surface area contributed by atoms with Crippen molar-refractivity contribution >= 4 is 29.4 Å². The molecule has 3 amide bonds. The first-order valence-corrected chi connectivity index (χ1v) is 8.06. The number of hydrogen-bond acceptors (Lipinski definition) is 5. The molecule has 2 saturated heterocycles. The maximum absolute atomic E-state index is 12.6. The topological polar surface area (TPSA) is 75.2 Å². The van der Waals surface area contributed by atoms with E-state index in [4.69, 9.17) is 0 Å². The second-order valence-corrected chi connectivity index (χ2v) is 7.58. The third-order valence-electron chi connectivity index (χ3n) is 3.75. The van der Waals surface area contributed by atoms with Gasteiger partial charge in [-0.25, -0.2) is 19.7 Å². The number of imide groups is 1. The zero-order chi connectivity index (χ0) is 15.3. The van der Waals surface area contributed by atoms with Gasteiger partial charge in [-0.2, -0.15) is 11.8 Å². The summed E-state index contributed by atoms with van der Waals surface area (Å²) in [6.07, 6.45) is 3.78. The quantitative estimate of drug-likeness (QED) is 0.799. The van der Waals surface area contributed by atoms with Crippen LogP contribution >= 0.6 is 11.8 Å². The van der Waals surface area contributed by atoms with Crippen LogP contribution in [0.15, 0.2) is 12.4 Å². The molecule has 7 heteroatoms. The Morgan fingerprint density at radius 2 is 1.95 bits per heavy atom. The van der Waals surface area contributed by atoms with Crippen molar-refractivity contribution < 1.29 is 9.59 Å². The van der Waals surface area contributed by atoms with E-state index < -0.39 is 5.54 Å². The molecule has 3 heterocycles. The lowest BCUT2D eigenvalue weighted by molar-refractivity contribution is -0.121. The van der Waals surface area contributed by atoms with Gasteiger partial charge in [-0.05, 0) is 12.2 Å². The normalized spacial score (nSPS) is 25.8. The lowest BCUT2D eigenvalue weighted by atomic mass is 9.96. The van der Waals surface area contributed by atoms with Gasteiger partial charge >= 0.3 is 6.03 Å². The summed E-state index contributed by atoms with van der Waals surface area (Å²) in [6.45, 7) is 6.04. The number of urea groups is 1. The number of rotatable bonds is 1. The molecule has 1 aromatic heterocycles. The SMILES string of the molecule is CC(C)(C)c1ncc(N2C(=O)N[C@]3(CCSC3)C2=O)cn1. The minimum atomic E-state index is -0.732. The van der Waals surface area contributed by atoms with Crippen molar-refractivity contribution in [3.05, 3.63) is 18.2 Å². The monoisotopic (exact) mass is 306 g/mol. The Labute approximate surface area is 127 Å². The van der Waals surface area contributed by atoms with E-state index in [0.717, 1.165) is 10.7 Å². The van der Waals surface area contributed by atoms with Gasteiger partial charge in [0.15, 0.2) is 0 Å². The lowest BCUT2D eigenvalue weighted by Gasteiger charge is -2.20. The van der Waals surface area contributed by atoms with Gasteiger partial charge in [0, 0.05) is 11.2 Å². The molecule has 0 radical (unpaired) electrons. The van der Waals surface area contributed by atoms with Crippen molar-refractivity contribution in [3.63, 3.8) is 0 Å². The summed E-state index contributed by atoms with van der Waals surface area (Å²) in [5.74, 6) is 2.02. The van der Waals surface area contributed by atoms with E-state index in [1.165, 1.54) is 0 Å². The fourth-order valence-electron chi connectivity index (χ4n) is 2.51. The number of carbonyl (C=O) groups is 2. The standard InChI is InChI=1S/C14H18N4O2S/c1-13(2,3)10-15-6-9(7-16-10)18-11(19)14(17-12(18)20)4-5-21-8-14/h6-7H,4-5,8H2,1-3H3,(H,17,20)/t14-/m0/s1. The molecule has 1 aromatic rings. The van der Waals surface area contributed by atoms with E-state index in [1.54, 1.807) is 24.2 Å². The summed E-state index contributed by atoms with van der Waals surface area (Å²) in [7, 11) is 0. The summed E-state index contributed by atoms with van der Waals surface area (Å²) in [4.78, 5) is 34.5. The van der Waals surface area contributed by atoms with Crippen LogP contribution in [0, 0.1) is 0 Å². The van der Waals surface area contributed by atoms with Crippen molar-refractivity contribution in [2.75, 3.05) is 16.4 Å². The van der Waals surface area contributed by atoms with E-state index in [9.17, 15) is 9.59 Å². The summed E-state index contributed by atoms with van der Waals surface area (Å²) in [5.41, 5.74) is -0.469. The van der Waals surface area contributed by atoms with Crippen LogP contribution in [0.3, 0.4) is 0 Å². The van der Waals surface area contributed by atoms with Crippen molar-refractivity contribution in [2.24, 2.45) is 0 Å². The van der Waals surface area contributed by atoms with Crippen LogP contribution < -0.4 is 10.2 Å². The molecule has 21 heavy (non-hydrogen) atoms. The maximum atomic E-state index is 12.6. The number of aromatic nitrogens is 2. The van der Waals surface area contributed by atoms with Gasteiger partial charge in [-0.1, -0.05) is 20.8 Å². The second kappa shape index (κ2) is 4.69. The molecular weight excluding hydrogens is 288 g/mol. The Morgan fingerprint density at radius 1 is 1.29 bits per heavy atom. The van der Waals surface area contributed by atoms with Crippen LogP contribution in [0.25, 0.3) is 0 Å². The fourth-order valence-corrected chi connectivity index (χ4v) is 3.84. The van der Waals surface area contributed by atoms with Crippen LogP contribution in [0.2, 0.25) is 0 Å². The van der Waals surface area contributed by atoms with Crippen molar-refractivity contribution in [1.29, 1.82) is 0 Å². The van der Waals surface area contributed by atoms with Crippen molar-refractivity contribution in [3.8, 4) is 0 Å². The minimum absolute atomic E-state index is 0.168. The molecule has 0 unspecified atom stereocenters. The van der Waals surface area contributed by atoms with Gasteiger partial charge in [0.1, 0.15) is 11.4 Å². The maximum Gasteiger partial charge on any atom is 0.329 e. The van der Waals surface area contributed by atoms with E-state index in [2.05, 4.69) is 15.3 Å². The molecule has 2 aliphatic heterocycles. The van der Waals surface area contributed by atoms with Gasteiger partial charge in [-0.15, -0.1) is 0 Å². The Kier molecular flexibility index (Phi) is 3.20. The largest absolute Gasteiger partial charge is 0.329 e. The van der Waals surface area contributed by atoms with Crippen LogP contribution in [0.1, 0.15) is 33.0 Å². The minimum Gasteiger partial charge on any atom is -0.322 e. The van der Waals surface area contributed by atoms with E-state index in [-0.39, 0.29) is 17.4 Å². The first kappa shape index (κ1) is 14.3. The van der Waals surface area contributed by atoms with Crippen LogP contribution in [0.4, 0.5) is 10.5 Å². The zero-order valence-corrected chi connectivity index (χ0v) is 13.2. The highest BCUT2D eigenvalue weighted by Gasteiger charge is 2.53. The van der Waals surface area contributed by atoms with Gasteiger partial charge < -0.3 is 5.32 Å². The number of anilines is 1. The van der Waals surface area contributed by atoms with Crippen LogP contribution in [0.5, 0.6) is 0 Å². The summed E-state index contributed by atoms with van der Waals surface area (Å²) in [6, 6.07) is -0.380. The van der Waals surface area contributed by atoms with Gasteiger partial charge in [0.05, 0.1) is 18.1 Å². The Morgan fingerprint density at radius 3 is 2.48 bits per heavy atom. The molecule has 0 aliphatic carbocycles. The molecule has 0 saturated carbocycles. The molecule has 2 aliphatic rings. The third kappa shape index (κ3) is 2.29. The highest BCUT2D eigenvalue weighted by molar-refractivity contribution is 7.99. The molecular formula is C14H18N4O2S. The predicted octanol–water partition coefficient (Wildman–Crippen LogP) is 1.71. The highest BCUT2D eigenvalue weighted by atomic mass is 32.2. The summed E-state index contributed by atoms with van der Waals surface area (Å²) in [5, 5.41) is 2.83. The second-order valence-electron chi connectivity index (χ2n) is 6.47. The number of nitrogens with one attached hydrogen (secondary N) is 1. The molecule has 112 valence electrons. The first-order valence-electron chi connectivity index (χ1n) is 6.90. The van der Waals surface area contributed by atoms with Gasteiger partial charge in [-0.3, -0.25) is 4.79 Å². The Hall–Kier alpha value is -1.63. The van der Waals surface area contributed by atoms with E-state index >= 15 is 0 Å². The molecule has 1 N–H and O–H groups in total. The average Bonchev–Trinajstić information content (AvgIpc) is 2.96. The zero-order valence-electron chi connectivity index (χ0n) is 12.3. The smallest absolute Gasteiger partial charge is 0.322 e. The van der Waals surface area contributed by atoms with Gasteiger partial charge in [0.2, 0.25) is 0 Å². The average molecular weight is 306 g/mol. The molecule has 1 spiro atoms. The number of carbonyl (C=O) groups excluding carboxylic acids is 2. The van der Waals surface area contributed by atoms with Crippen LogP contribution in [-0.4, -0.2) is 39.0 Å². The fraction of sp³-hybridized carbons (Fsp3) is 0.571. The lowest BCUT2D eigenvalue weighted by Crippen LogP contribution is -2.47. The first-order chi connectivity index (χ1) is 9.83. The Bertz CT molecular complexity index is 588. The molecule has 1 atom stereocenters. The Balaban J connectivity index is 1.90. The summed E-state index contributed by atoms with van der Waals surface area (Å²) >= 11 is 1.69. The van der Waals surface area contributed by atoms with Crippen molar-refractivity contribution in [1.82, 2.24) is 15.3 Å². The van der Waals surface area contributed by atoms with E-state index in [1.807, 2.05) is 20.8 Å². The molecule has 0 bridgehead atoms. The van der Waals surface area contributed by atoms with Crippen molar-refractivity contribution in [2.45, 2.75) is 38.1 Å². The number of hydrogen-bond donors (Lipinski definition) is 1. The summed E-state index contributed by atoms with van der Waals surface area (Å²) < 4.78 is 0. The number of nitrogens with zero attached hydrogens (tertiary/aromatic N) is 3.